The van der Waals surface area contributed by atoms with Crippen LogP contribution < -0.4 is 0 Å². The second-order valence-electron chi connectivity index (χ2n) is 6.81. The number of fused-ring (bicyclic) bond motifs is 1. The second-order valence-corrected chi connectivity index (χ2v) is 6.81. The Bertz CT molecular complexity index is 601. The number of likely N-dealkylation sites (N-methyl/N-ethyl adjacent to an activating group) is 1. The fourth-order valence-corrected chi connectivity index (χ4v) is 3.57. The minimum absolute atomic E-state index is 0.105. The number of rotatable bonds is 5. The van der Waals surface area contributed by atoms with Crippen LogP contribution in [0, 0.1) is 0 Å². The van der Waals surface area contributed by atoms with Crippen molar-refractivity contribution in [1.82, 2.24) is 14.8 Å². The number of aliphatic hydroxyl groups is 1. The number of aryl methyl sites for hydroxylation is 2. The maximum absolute atomic E-state index is 12.3. The van der Waals surface area contributed by atoms with E-state index >= 15 is 0 Å². The van der Waals surface area contributed by atoms with E-state index in [0.717, 1.165) is 49.3 Å². The molecular weight excluding hydrogens is 306 g/mol. The molecular formula is C18H27N3O3. The van der Waals surface area contributed by atoms with Gasteiger partial charge in [0.25, 0.3) is 0 Å². The van der Waals surface area contributed by atoms with Crippen LogP contribution in [0.5, 0.6) is 0 Å². The molecule has 2 aliphatic rings. The third-order valence-electron chi connectivity index (χ3n) is 5.04. The van der Waals surface area contributed by atoms with E-state index in [0.29, 0.717) is 13.1 Å². The number of pyridine rings is 1. The number of aromatic nitrogens is 1. The lowest BCUT2D eigenvalue weighted by atomic mass is 9.93. The van der Waals surface area contributed by atoms with Crippen molar-refractivity contribution in [3.8, 4) is 0 Å². The van der Waals surface area contributed by atoms with Crippen molar-refractivity contribution >= 4 is 5.91 Å². The molecule has 132 valence electrons. The monoisotopic (exact) mass is 333 g/mol. The van der Waals surface area contributed by atoms with Crippen LogP contribution in [0.3, 0.4) is 0 Å². The van der Waals surface area contributed by atoms with Crippen molar-refractivity contribution < 1.29 is 14.6 Å². The van der Waals surface area contributed by atoms with E-state index in [1.165, 1.54) is 12.0 Å². The number of carbonyl (C=O) groups is 1. The standard InChI is InChI=1S/C18H27N3O3/c1-20-7-8-21(17(23)11-20)10-14-9-13-5-3-4-6-15(13)19-18(14)16(12-22)24-2/h9,16,22H,3-8,10-12H2,1-2H3. The molecule has 1 saturated heterocycles. The Hall–Kier alpha value is -1.50. The van der Waals surface area contributed by atoms with Gasteiger partial charge in [0.05, 0.1) is 18.8 Å². The van der Waals surface area contributed by atoms with Crippen LogP contribution in [0.1, 0.15) is 41.5 Å². The molecule has 1 fully saturated rings. The van der Waals surface area contributed by atoms with Crippen LogP contribution >= 0.6 is 0 Å². The van der Waals surface area contributed by atoms with E-state index in [9.17, 15) is 9.90 Å². The van der Waals surface area contributed by atoms with Gasteiger partial charge < -0.3 is 14.7 Å². The molecule has 2 heterocycles. The van der Waals surface area contributed by atoms with Crippen molar-refractivity contribution in [3.05, 3.63) is 28.6 Å². The molecule has 6 nitrogen and oxygen atoms in total. The van der Waals surface area contributed by atoms with Gasteiger partial charge in [0.15, 0.2) is 0 Å². The molecule has 1 amide bonds. The van der Waals surface area contributed by atoms with E-state index in [2.05, 4.69) is 6.07 Å². The molecule has 0 aromatic carbocycles. The maximum atomic E-state index is 12.3. The number of methoxy groups -OCH3 is 1. The lowest BCUT2D eigenvalue weighted by Crippen LogP contribution is -2.48. The van der Waals surface area contributed by atoms with Gasteiger partial charge in [0, 0.05) is 32.4 Å². The molecule has 1 aromatic heterocycles. The number of ether oxygens (including phenoxy) is 1. The molecule has 1 aliphatic heterocycles. The van der Waals surface area contributed by atoms with Crippen molar-refractivity contribution in [2.45, 2.75) is 38.3 Å². The lowest BCUT2D eigenvalue weighted by molar-refractivity contribution is -0.136. The first-order valence-electron chi connectivity index (χ1n) is 8.74. The minimum Gasteiger partial charge on any atom is -0.393 e. The smallest absolute Gasteiger partial charge is 0.237 e. The Kier molecular flexibility index (Phi) is 5.48. The summed E-state index contributed by atoms with van der Waals surface area (Å²) in [6, 6.07) is 2.18. The molecule has 0 spiro atoms. The molecule has 1 unspecified atom stereocenters. The Labute approximate surface area is 143 Å². The molecule has 1 aliphatic carbocycles. The zero-order valence-corrected chi connectivity index (χ0v) is 14.6. The van der Waals surface area contributed by atoms with Crippen LogP contribution in [0.4, 0.5) is 0 Å². The summed E-state index contributed by atoms with van der Waals surface area (Å²) < 4.78 is 5.43. The normalized spacial score (nSPS) is 20.1. The van der Waals surface area contributed by atoms with Crippen LogP contribution in [0.25, 0.3) is 0 Å². The Morgan fingerprint density at radius 3 is 2.83 bits per heavy atom. The number of nitrogens with zero attached hydrogens (tertiary/aromatic N) is 3. The summed E-state index contributed by atoms with van der Waals surface area (Å²) in [6.07, 6.45) is 3.94. The Morgan fingerprint density at radius 1 is 1.33 bits per heavy atom. The summed E-state index contributed by atoms with van der Waals surface area (Å²) in [6.45, 7) is 2.51. The summed E-state index contributed by atoms with van der Waals surface area (Å²) in [7, 11) is 3.56. The van der Waals surface area contributed by atoms with Crippen molar-refractivity contribution in [1.29, 1.82) is 0 Å². The SMILES string of the molecule is COC(CO)c1nc2c(cc1CN1CCN(C)CC1=O)CCCC2. The zero-order chi connectivity index (χ0) is 17.1. The fraction of sp³-hybridized carbons (Fsp3) is 0.667. The van der Waals surface area contributed by atoms with Crippen molar-refractivity contribution in [2.75, 3.05) is 40.4 Å². The molecule has 0 saturated carbocycles. The van der Waals surface area contributed by atoms with E-state index in [-0.39, 0.29) is 12.5 Å². The number of piperazine rings is 1. The third kappa shape index (κ3) is 3.61. The van der Waals surface area contributed by atoms with Crippen LogP contribution in [-0.2, 0) is 28.9 Å². The van der Waals surface area contributed by atoms with E-state index < -0.39 is 6.10 Å². The minimum atomic E-state index is -0.435. The molecule has 24 heavy (non-hydrogen) atoms. The summed E-state index contributed by atoms with van der Waals surface area (Å²) in [5, 5.41) is 9.65. The number of aliphatic hydroxyl groups excluding tert-OH is 1. The van der Waals surface area contributed by atoms with E-state index in [1.807, 2.05) is 16.8 Å². The van der Waals surface area contributed by atoms with Gasteiger partial charge in [0.2, 0.25) is 5.91 Å². The van der Waals surface area contributed by atoms with E-state index in [4.69, 9.17) is 9.72 Å². The molecule has 1 atom stereocenters. The van der Waals surface area contributed by atoms with Gasteiger partial charge in [-0.1, -0.05) is 6.07 Å². The van der Waals surface area contributed by atoms with Crippen LogP contribution in [-0.4, -0.2) is 66.2 Å². The summed E-state index contributed by atoms with van der Waals surface area (Å²) in [5.74, 6) is 0.144. The average molecular weight is 333 g/mol. The Morgan fingerprint density at radius 2 is 2.12 bits per heavy atom. The quantitative estimate of drug-likeness (QED) is 0.868. The predicted octanol–water partition coefficient (Wildman–Crippen LogP) is 0.914. The lowest BCUT2D eigenvalue weighted by Gasteiger charge is -2.33. The number of hydrogen-bond donors (Lipinski definition) is 1. The average Bonchev–Trinajstić information content (AvgIpc) is 2.58. The highest BCUT2D eigenvalue weighted by Crippen LogP contribution is 2.27. The summed E-state index contributed by atoms with van der Waals surface area (Å²) >= 11 is 0. The largest absolute Gasteiger partial charge is 0.393 e. The number of amides is 1. The topological polar surface area (TPSA) is 65.9 Å². The van der Waals surface area contributed by atoms with Crippen molar-refractivity contribution in [2.24, 2.45) is 0 Å². The summed E-state index contributed by atoms with van der Waals surface area (Å²) in [5.41, 5.74) is 4.21. The van der Waals surface area contributed by atoms with Gasteiger partial charge in [-0.15, -0.1) is 0 Å². The van der Waals surface area contributed by atoms with Gasteiger partial charge >= 0.3 is 0 Å². The van der Waals surface area contributed by atoms with Gasteiger partial charge in [0.1, 0.15) is 6.10 Å². The zero-order valence-electron chi connectivity index (χ0n) is 14.6. The highest BCUT2D eigenvalue weighted by atomic mass is 16.5. The number of carbonyl (C=O) groups excluding carboxylic acids is 1. The van der Waals surface area contributed by atoms with Gasteiger partial charge in [-0.2, -0.15) is 0 Å². The number of hydrogen-bond acceptors (Lipinski definition) is 5. The maximum Gasteiger partial charge on any atom is 0.237 e. The molecule has 6 heteroatoms. The van der Waals surface area contributed by atoms with Crippen LogP contribution in [0.15, 0.2) is 6.07 Å². The van der Waals surface area contributed by atoms with Gasteiger partial charge in [-0.3, -0.25) is 14.7 Å². The van der Waals surface area contributed by atoms with E-state index in [1.54, 1.807) is 7.11 Å². The molecule has 3 rings (SSSR count). The first-order chi connectivity index (χ1) is 11.6. The third-order valence-corrected chi connectivity index (χ3v) is 5.04. The highest BCUT2D eigenvalue weighted by molar-refractivity contribution is 5.79. The van der Waals surface area contributed by atoms with Gasteiger partial charge in [-0.25, -0.2) is 0 Å². The van der Waals surface area contributed by atoms with Crippen LogP contribution in [0.2, 0.25) is 0 Å². The van der Waals surface area contributed by atoms with Gasteiger partial charge in [-0.05, 0) is 43.9 Å². The molecule has 1 N–H and O–H groups in total. The first kappa shape index (κ1) is 17.3. The molecule has 0 bridgehead atoms. The summed E-state index contributed by atoms with van der Waals surface area (Å²) in [4.78, 5) is 21.1. The fourth-order valence-electron chi connectivity index (χ4n) is 3.57. The Balaban J connectivity index is 1.91. The molecule has 0 radical (unpaired) electrons. The van der Waals surface area contributed by atoms with Crippen molar-refractivity contribution in [3.63, 3.8) is 0 Å². The second kappa shape index (κ2) is 7.59. The first-order valence-corrected chi connectivity index (χ1v) is 8.74. The highest BCUT2D eigenvalue weighted by Gasteiger charge is 2.26. The molecule has 1 aromatic rings. The predicted molar refractivity (Wildman–Crippen MR) is 90.6 cm³/mol.